The van der Waals surface area contributed by atoms with E-state index < -0.39 is 0 Å². The van der Waals surface area contributed by atoms with Gasteiger partial charge in [0.25, 0.3) is 0 Å². The maximum atomic E-state index is 11.7. The van der Waals surface area contributed by atoms with E-state index in [-0.39, 0.29) is 24.4 Å². The van der Waals surface area contributed by atoms with Crippen LogP contribution >= 0.6 is 35.1 Å². The molecule has 0 aliphatic carbocycles. The van der Waals surface area contributed by atoms with Crippen LogP contribution in [0.4, 0.5) is 5.13 Å². The summed E-state index contributed by atoms with van der Waals surface area (Å²) in [5.74, 6) is -0.361. The molecule has 2 aromatic rings. The standard InChI is InChI=1S/C14H18N4O2S2.ClH/c1-8-11(13(19)20-2)17-12(21-8)10-4-3-5-18(10)7-9-6-16-14(15)22-9;/h6,10H,3-5,7H2,1-2H3,(H2,15,16);1H. The van der Waals surface area contributed by atoms with Crippen LogP contribution in [-0.2, 0) is 11.3 Å². The van der Waals surface area contributed by atoms with Gasteiger partial charge >= 0.3 is 5.97 Å². The van der Waals surface area contributed by atoms with E-state index in [0.717, 1.165) is 40.7 Å². The third kappa shape index (κ3) is 3.82. The second kappa shape index (κ2) is 7.57. The minimum atomic E-state index is -0.361. The van der Waals surface area contributed by atoms with Gasteiger partial charge in [-0.1, -0.05) is 0 Å². The highest BCUT2D eigenvalue weighted by Crippen LogP contribution is 2.37. The average molecular weight is 375 g/mol. The van der Waals surface area contributed by atoms with E-state index in [2.05, 4.69) is 14.9 Å². The van der Waals surface area contributed by atoms with E-state index in [1.807, 2.05) is 13.1 Å². The zero-order valence-corrected chi connectivity index (χ0v) is 15.4. The molecule has 9 heteroatoms. The number of carbonyl (C=O) groups excluding carboxylic acids is 1. The van der Waals surface area contributed by atoms with Crippen LogP contribution in [-0.4, -0.2) is 34.5 Å². The second-order valence-electron chi connectivity index (χ2n) is 5.24. The molecule has 6 nitrogen and oxygen atoms in total. The minimum absolute atomic E-state index is 0. The summed E-state index contributed by atoms with van der Waals surface area (Å²) in [5.41, 5.74) is 6.14. The predicted octanol–water partition coefficient (Wildman–Crippen LogP) is 3.04. The largest absolute Gasteiger partial charge is 0.464 e. The Labute approximate surface area is 149 Å². The molecule has 1 atom stereocenters. The highest BCUT2D eigenvalue weighted by atomic mass is 35.5. The zero-order valence-electron chi connectivity index (χ0n) is 12.9. The fraction of sp³-hybridized carbons (Fsp3) is 0.500. The Balaban J connectivity index is 0.00000192. The predicted molar refractivity (Wildman–Crippen MR) is 94.3 cm³/mol. The molecule has 1 aliphatic rings. The molecule has 2 N–H and O–H groups in total. The quantitative estimate of drug-likeness (QED) is 0.828. The molecule has 126 valence electrons. The molecule has 2 aromatic heterocycles. The molecule has 0 amide bonds. The van der Waals surface area contributed by atoms with E-state index in [0.29, 0.717) is 10.8 Å². The van der Waals surface area contributed by atoms with Gasteiger partial charge in [-0.3, -0.25) is 4.90 Å². The molecule has 23 heavy (non-hydrogen) atoms. The van der Waals surface area contributed by atoms with Crippen molar-refractivity contribution in [2.75, 3.05) is 19.4 Å². The van der Waals surface area contributed by atoms with Gasteiger partial charge in [-0.2, -0.15) is 0 Å². The summed E-state index contributed by atoms with van der Waals surface area (Å²) in [5, 5.41) is 1.59. The molecule has 1 aliphatic heterocycles. The fourth-order valence-electron chi connectivity index (χ4n) is 2.74. The molecule has 3 heterocycles. The van der Waals surface area contributed by atoms with Gasteiger partial charge in [0.2, 0.25) is 0 Å². The van der Waals surface area contributed by atoms with Gasteiger partial charge in [0.1, 0.15) is 5.01 Å². The molecule has 1 saturated heterocycles. The first-order valence-electron chi connectivity index (χ1n) is 7.08. The first kappa shape index (κ1) is 18.1. The van der Waals surface area contributed by atoms with Crippen LogP contribution < -0.4 is 5.73 Å². The molecule has 0 bridgehead atoms. The fourth-order valence-corrected chi connectivity index (χ4v) is 4.53. The van der Waals surface area contributed by atoms with Gasteiger partial charge in [0.15, 0.2) is 10.8 Å². The van der Waals surface area contributed by atoms with E-state index in [1.54, 1.807) is 11.3 Å². The molecule has 1 fully saturated rings. The first-order valence-corrected chi connectivity index (χ1v) is 8.71. The molecule has 0 radical (unpaired) electrons. The molecule has 0 saturated carbocycles. The zero-order chi connectivity index (χ0) is 15.7. The Morgan fingerprint density at radius 3 is 2.96 bits per heavy atom. The number of hydrogen-bond acceptors (Lipinski definition) is 8. The number of hydrogen-bond donors (Lipinski definition) is 1. The van der Waals surface area contributed by atoms with Crippen molar-refractivity contribution in [1.82, 2.24) is 14.9 Å². The van der Waals surface area contributed by atoms with Crippen molar-refractivity contribution >= 4 is 46.2 Å². The number of likely N-dealkylation sites (tertiary alicyclic amines) is 1. The number of esters is 1. The van der Waals surface area contributed by atoms with Crippen LogP contribution in [0.15, 0.2) is 6.20 Å². The highest BCUT2D eigenvalue weighted by molar-refractivity contribution is 7.15. The summed E-state index contributed by atoms with van der Waals surface area (Å²) >= 11 is 3.11. The third-order valence-corrected chi connectivity index (χ3v) is 5.65. The molecular weight excluding hydrogens is 356 g/mol. The maximum Gasteiger partial charge on any atom is 0.357 e. The number of nitrogen functional groups attached to an aromatic ring is 1. The molecular formula is C14H19ClN4O2S2. The number of halogens is 1. The Morgan fingerprint density at radius 2 is 2.30 bits per heavy atom. The SMILES string of the molecule is COC(=O)c1nc(C2CCCN2Cc2cnc(N)s2)sc1C.Cl. The normalized spacial score (nSPS) is 17.9. The van der Waals surface area contributed by atoms with Gasteiger partial charge < -0.3 is 10.5 Å². The summed E-state index contributed by atoms with van der Waals surface area (Å²) in [6, 6.07) is 0.255. The topological polar surface area (TPSA) is 81.3 Å². The van der Waals surface area contributed by atoms with E-state index in [1.165, 1.54) is 18.4 Å². The highest BCUT2D eigenvalue weighted by Gasteiger charge is 2.30. The van der Waals surface area contributed by atoms with Gasteiger partial charge in [0.05, 0.1) is 13.2 Å². The summed E-state index contributed by atoms with van der Waals surface area (Å²) in [6.07, 6.45) is 4.02. The lowest BCUT2D eigenvalue weighted by molar-refractivity contribution is 0.0593. The monoisotopic (exact) mass is 374 g/mol. The van der Waals surface area contributed by atoms with Crippen molar-refractivity contribution in [3.63, 3.8) is 0 Å². The van der Waals surface area contributed by atoms with Crippen molar-refractivity contribution in [3.8, 4) is 0 Å². The number of aryl methyl sites for hydroxylation is 1. The number of rotatable bonds is 4. The average Bonchev–Trinajstić information content (AvgIpc) is 3.19. The van der Waals surface area contributed by atoms with Crippen LogP contribution in [0, 0.1) is 6.92 Å². The summed E-state index contributed by atoms with van der Waals surface area (Å²) in [7, 11) is 1.39. The van der Waals surface area contributed by atoms with Crippen molar-refractivity contribution < 1.29 is 9.53 Å². The number of ether oxygens (including phenoxy) is 1. The Hall–Kier alpha value is -1.22. The molecule has 3 rings (SSSR count). The van der Waals surface area contributed by atoms with E-state index >= 15 is 0 Å². The summed E-state index contributed by atoms with van der Waals surface area (Å²) in [4.78, 5) is 24.8. The van der Waals surface area contributed by atoms with Crippen LogP contribution in [0.25, 0.3) is 0 Å². The number of carbonyl (C=O) groups is 1. The van der Waals surface area contributed by atoms with Crippen molar-refractivity contribution in [1.29, 1.82) is 0 Å². The lowest BCUT2D eigenvalue weighted by Crippen LogP contribution is -2.22. The van der Waals surface area contributed by atoms with Gasteiger partial charge in [-0.25, -0.2) is 14.8 Å². The molecule has 0 aromatic carbocycles. The van der Waals surface area contributed by atoms with Crippen molar-refractivity contribution in [3.05, 3.63) is 26.7 Å². The number of nitrogens with zero attached hydrogens (tertiary/aromatic N) is 3. The number of thiazole rings is 2. The number of anilines is 1. The van der Waals surface area contributed by atoms with Gasteiger partial charge in [-0.05, 0) is 26.3 Å². The number of methoxy groups -OCH3 is 1. The first-order chi connectivity index (χ1) is 10.6. The maximum absolute atomic E-state index is 11.7. The van der Waals surface area contributed by atoms with Gasteiger partial charge in [0, 0.05) is 22.5 Å². The summed E-state index contributed by atoms with van der Waals surface area (Å²) < 4.78 is 4.79. The second-order valence-corrected chi connectivity index (χ2v) is 7.62. The molecule has 0 spiro atoms. The van der Waals surface area contributed by atoms with E-state index in [9.17, 15) is 4.79 Å². The Kier molecular flexibility index (Phi) is 5.96. The smallest absolute Gasteiger partial charge is 0.357 e. The van der Waals surface area contributed by atoms with E-state index in [4.69, 9.17) is 10.5 Å². The lowest BCUT2D eigenvalue weighted by Gasteiger charge is -2.21. The Bertz CT molecular complexity index is 688. The minimum Gasteiger partial charge on any atom is -0.464 e. The summed E-state index contributed by atoms with van der Waals surface area (Å²) in [6.45, 7) is 3.76. The van der Waals surface area contributed by atoms with Crippen LogP contribution in [0.3, 0.4) is 0 Å². The molecule has 1 unspecified atom stereocenters. The van der Waals surface area contributed by atoms with Gasteiger partial charge in [-0.15, -0.1) is 35.1 Å². The van der Waals surface area contributed by atoms with Crippen molar-refractivity contribution in [2.45, 2.75) is 32.4 Å². The van der Waals surface area contributed by atoms with Crippen LogP contribution in [0.1, 0.15) is 44.1 Å². The van der Waals surface area contributed by atoms with Crippen molar-refractivity contribution in [2.24, 2.45) is 0 Å². The van der Waals surface area contributed by atoms with Crippen LogP contribution in [0.5, 0.6) is 0 Å². The lowest BCUT2D eigenvalue weighted by atomic mass is 10.2. The number of aromatic nitrogens is 2. The third-order valence-electron chi connectivity index (χ3n) is 3.77. The van der Waals surface area contributed by atoms with Crippen LogP contribution in [0.2, 0.25) is 0 Å². The number of nitrogens with two attached hydrogens (primary N) is 1. The Morgan fingerprint density at radius 1 is 1.52 bits per heavy atom.